The summed E-state index contributed by atoms with van der Waals surface area (Å²) in [5.74, 6) is 1.67. The summed E-state index contributed by atoms with van der Waals surface area (Å²) in [5.41, 5.74) is 1.59. The van der Waals surface area contributed by atoms with Gasteiger partial charge in [0, 0.05) is 50.4 Å². The van der Waals surface area contributed by atoms with Crippen LogP contribution in [0.4, 0.5) is 15.4 Å². The number of aryl methyl sites for hydroxylation is 1. The highest BCUT2D eigenvalue weighted by molar-refractivity contribution is 8.13. The fourth-order valence-electron chi connectivity index (χ4n) is 2.36. The zero-order valence-corrected chi connectivity index (χ0v) is 16.7. The Labute approximate surface area is 158 Å². The zero-order valence-electron chi connectivity index (χ0n) is 15.8. The lowest BCUT2D eigenvalue weighted by molar-refractivity contribution is 0.206. The van der Waals surface area contributed by atoms with Gasteiger partial charge in [0.25, 0.3) is 5.24 Å². The van der Waals surface area contributed by atoms with Crippen molar-refractivity contribution in [2.45, 2.75) is 20.8 Å². The van der Waals surface area contributed by atoms with E-state index in [1.807, 2.05) is 32.0 Å². The second-order valence-electron chi connectivity index (χ2n) is 6.31. The van der Waals surface area contributed by atoms with Crippen LogP contribution in [0.3, 0.4) is 0 Å². The number of pyridine rings is 1. The molecule has 140 valence electrons. The predicted octanol–water partition coefficient (Wildman–Crippen LogP) is 3.87. The number of aromatic nitrogens is 3. The maximum atomic E-state index is 12.8. The van der Waals surface area contributed by atoms with Crippen LogP contribution in [0.1, 0.15) is 20.8 Å². The van der Waals surface area contributed by atoms with Crippen molar-refractivity contribution in [1.29, 1.82) is 0 Å². The summed E-state index contributed by atoms with van der Waals surface area (Å²) in [6.07, 6.45) is 3.42. The van der Waals surface area contributed by atoms with Gasteiger partial charge in [-0.05, 0) is 25.0 Å². The summed E-state index contributed by atoms with van der Waals surface area (Å²) < 4.78 is 1.62. The van der Waals surface area contributed by atoms with Crippen LogP contribution in [0.5, 0.6) is 0 Å². The van der Waals surface area contributed by atoms with Crippen molar-refractivity contribution in [3.8, 4) is 11.3 Å². The third-order valence-corrected chi connectivity index (χ3v) is 5.05. The first-order chi connectivity index (χ1) is 12.3. The minimum atomic E-state index is -0.366. The molecule has 0 aliphatic rings. The van der Waals surface area contributed by atoms with Crippen LogP contribution in [-0.4, -0.2) is 50.3 Å². The normalized spacial score (nSPS) is 10.8. The largest absolute Gasteiger partial charge is 0.332 e. The number of urea groups is 1. The van der Waals surface area contributed by atoms with Crippen LogP contribution < -0.4 is 4.90 Å². The highest BCUT2D eigenvalue weighted by Crippen LogP contribution is 2.24. The van der Waals surface area contributed by atoms with Crippen LogP contribution in [0, 0.1) is 5.92 Å². The lowest BCUT2D eigenvalue weighted by Crippen LogP contribution is -2.44. The van der Waals surface area contributed by atoms with Crippen molar-refractivity contribution in [2.24, 2.45) is 13.0 Å². The number of anilines is 1. The van der Waals surface area contributed by atoms with Gasteiger partial charge >= 0.3 is 6.03 Å². The monoisotopic (exact) mass is 375 g/mol. The molecule has 0 bridgehead atoms. The van der Waals surface area contributed by atoms with Crippen LogP contribution >= 0.6 is 11.8 Å². The predicted molar refractivity (Wildman–Crippen MR) is 105 cm³/mol. The van der Waals surface area contributed by atoms with E-state index in [4.69, 9.17) is 0 Å². The maximum Gasteiger partial charge on any atom is 0.332 e. The van der Waals surface area contributed by atoms with Crippen molar-refractivity contribution in [3.05, 3.63) is 30.6 Å². The molecule has 7 nitrogen and oxygen atoms in total. The van der Waals surface area contributed by atoms with E-state index in [2.05, 4.69) is 10.1 Å². The van der Waals surface area contributed by atoms with E-state index in [-0.39, 0.29) is 11.3 Å². The van der Waals surface area contributed by atoms with E-state index in [0.29, 0.717) is 24.0 Å². The van der Waals surface area contributed by atoms with Gasteiger partial charge in [-0.15, -0.1) is 0 Å². The molecular weight excluding hydrogens is 350 g/mol. The van der Waals surface area contributed by atoms with Gasteiger partial charge in [-0.3, -0.25) is 24.3 Å². The molecule has 0 saturated heterocycles. The number of carbonyl (C=O) groups excluding carboxylic acids is 2. The fourth-order valence-corrected chi connectivity index (χ4v) is 3.20. The molecule has 2 heterocycles. The number of hydrogen-bond donors (Lipinski definition) is 0. The molecule has 8 heteroatoms. The molecule has 0 fully saturated rings. The number of carbonyl (C=O) groups is 2. The number of hydrogen-bond acceptors (Lipinski definition) is 5. The Bertz CT molecular complexity index is 760. The van der Waals surface area contributed by atoms with Crippen molar-refractivity contribution >= 4 is 28.9 Å². The van der Waals surface area contributed by atoms with Gasteiger partial charge in [0.1, 0.15) is 5.82 Å². The van der Waals surface area contributed by atoms with Gasteiger partial charge in [0.05, 0.1) is 5.69 Å². The molecule has 2 rings (SSSR count). The molecule has 2 aromatic heterocycles. The molecule has 0 atom stereocenters. The second-order valence-corrected chi connectivity index (χ2v) is 7.28. The van der Waals surface area contributed by atoms with Crippen LogP contribution in [-0.2, 0) is 7.05 Å². The quantitative estimate of drug-likeness (QED) is 0.793. The molecule has 3 amide bonds. The first-order valence-corrected chi connectivity index (χ1v) is 9.50. The molecular formula is C18H25N5O2S. The van der Waals surface area contributed by atoms with Gasteiger partial charge in [-0.1, -0.05) is 25.6 Å². The van der Waals surface area contributed by atoms with Crippen LogP contribution in [0.15, 0.2) is 30.6 Å². The summed E-state index contributed by atoms with van der Waals surface area (Å²) in [4.78, 5) is 32.0. The number of imide groups is 1. The van der Waals surface area contributed by atoms with Gasteiger partial charge in [-0.2, -0.15) is 5.10 Å². The first-order valence-electron chi connectivity index (χ1n) is 8.51. The third-order valence-electron chi connectivity index (χ3n) is 3.75. The van der Waals surface area contributed by atoms with Gasteiger partial charge in [0.2, 0.25) is 0 Å². The Morgan fingerprint density at radius 2 is 2.08 bits per heavy atom. The summed E-state index contributed by atoms with van der Waals surface area (Å²) in [6.45, 7) is 6.20. The van der Waals surface area contributed by atoms with Crippen LogP contribution in [0.2, 0.25) is 0 Å². The van der Waals surface area contributed by atoms with E-state index < -0.39 is 0 Å². The van der Waals surface area contributed by atoms with Crippen molar-refractivity contribution in [1.82, 2.24) is 19.7 Å². The minimum Gasteiger partial charge on any atom is -0.281 e. The SMILES string of the molecule is CCN(C(=O)SCC(C)C)C(=O)N(C)c1cc(-c2cccnc2)nn1C. The second kappa shape index (κ2) is 8.84. The molecule has 0 unspecified atom stereocenters. The molecule has 2 aromatic rings. The Morgan fingerprint density at radius 3 is 2.65 bits per heavy atom. The molecule has 0 spiro atoms. The average Bonchev–Trinajstić information content (AvgIpc) is 3.02. The fraction of sp³-hybridized carbons (Fsp3) is 0.444. The summed E-state index contributed by atoms with van der Waals surface area (Å²) in [6, 6.07) is 5.19. The summed E-state index contributed by atoms with van der Waals surface area (Å²) in [5, 5.41) is 4.22. The van der Waals surface area contributed by atoms with Gasteiger partial charge < -0.3 is 0 Å². The molecule has 0 N–H and O–H groups in total. The molecule has 0 aliphatic carbocycles. The highest BCUT2D eigenvalue weighted by atomic mass is 32.2. The number of thioether (sulfide) groups is 1. The van der Waals surface area contributed by atoms with E-state index in [1.54, 1.807) is 38.1 Å². The lowest BCUT2D eigenvalue weighted by Gasteiger charge is -2.25. The minimum absolute atomic E-state index is 0.229. The highest BCUT2D eigenvalue weighted by Gasteiger charge is 2.26. The van der Waals surface area contributed by atoms with E-state index >= 15 is 0 Å². The Kier molecular flexibility index (Phi) is 6.79. The maximum absolute atomic E-state index is 12.8. The Morgan fingerprint density at radius 1 is 1.35 bits per heavy atom. The number of rotatable bonds is 5. The van der Waals surface area contributed by atoms with E-state index in [9.17, 15) is 9.59 Å². The molecule has 26 heavy (non-hydrogen) atoms. The smallest absolute Gasteiger partial charge is 0.281 e. The van der Waals surface area contributed by atoms with Crippen LogP contribution in [0.25, 0.3) is 11.3 Å². The standard InChI is InChI=1S/C18H25N5O2S/c1-6-23(18(25)26-12-13(2)3)17(24)21(4)16-10-15(20-22(16)5)14-8-7-9-19-11-14/h7-11,13H,6,12H2,1-5H3. The first kappa shape index (κ1) is 20.0. The number of amides is 3. The lowest BCUT2D eigenvalue weighted by atomic mass is 10.2. The molecule has 0 aliphatic heterocycles. The van der Waals surface area contributed by atoms with Gasteiger partial charge in [0.15, 0.2) is 0 Å². The average molecular weight is 375 g/mol. The zero-order chi connectivity index (χ0) is 19.3. The summed E-state index contributed by atoms with van der Waals surface area (Å²) >= 11 is 1.17. The third kappa shape index (κ3) is 4.63. The van der Waals surface area contributed by atoms with Crippen molar-refractivity contribution in [2.75, 3.05) is 24.2 Å². The van der Waals surface area contributed by atoms with Crippen molar-refractivity contribution < 1.29 is 9.59 Å². The summed E-state index contributed by atoms with van der Waals surface area (Å²) in [7, 11) is 3.42. The molecule has 0 aromatic carbocycles. The Balaban J connectivity index is 2.19. The number of nitrogens with zero attached hydrogens (tertiary/aromatic N) is 5. The topological polar surface area (TPSA) is 71.3 Å². The Hall–Kier alpha value is -2.35. The van der Waals surface area contributed by atoms with E-state index in [0.717, 1.165) is 11.3 Å². The molecule has 0 radical (unpaired) electrons. The van der Waals surface area contributed by atoms with Gasteiger partial charge in [-0.25, -0.2) is 4.79 Å². The van der Waals surface area contributed by atoms with E-state index in [1.165, 1.54) is 21.6 Å². The molecule has 0 saturated carbocycles. The van der Waals surface area contributed by atoms with Crippen molar-refractivity contribution in [3.63, 3.8) is 0 Å².